The summed E-state index contributed by atoms with van der Waals surface area (Å²) < 4.78 is 41.3. The average molecular weight is 851 g/mol. The van der Waals surface area contributed by atoms with Crippen LogP contribution in [0.2, 0.25) is 5.02 Å². The lowest BCUT2D eigenvalue weighted by Crippen LogP contribution is -2.47. The molecule has 5 aromatic rings. The van der Waals surface area contributed by atoms with Crippen molar-refractivity contribution >= 4 is 55.4 Å². The van der Waals surface area contributed by atoms with Gasteiger partial charge in [-0.25, -0.2) is 18.1 Å². The summed E-state index contributed by atoms with van der Waals surface area (Å²) in [5.74, 6) is -0.0000647. The van der Waals surface area contributed by atoms with Crippen molar-refractivity contribution < 1.29 is 22.7 Å². The number of H-pyrrole nitrogens is 1. The van der Waals surface area contributed by atoms with E-state index < -0.39 is 15.9 Å². The number of pyridine rings is 1. The van der Waals surface area contributed by atoms with Gasteiger partial charge in [-0.1, -0.05) is 49.2 Å². The molecule has 2 fully saturated rings. The van der Waals surface area contributed by atoms with E-state index in [1.54, 1.807) is 36.7 Å². The number of benzene rings is 3. The van der Waals surface area contributed by atoms with Crippen LogP contribution in [0.1, 0.15) is 73.9 Å². The molecule has 3 aromatic carbocycles. The molecule has 0 bridgehead atoms. The number of aromatic amines is 1. The maximum atomic E-state index is 13.9. The molecule has 8 rings (SSSR count). The zero-order valence-corrected chi connectivity index (χ0v) is 35.7. The Hall–Kier alpha value is -5.08. The highest BCUT2D eigenvalue weighted by molar-refractivity contribution is 7.90. The van der Waals surface area contributed by atoms with Crippen LogP contribution >= 0.6 is 11.6 Å². The number of nitrogens with one attached hydrogen (secondary N) is 2. The molecule has 314 valence electrons. The lowest BCUT2D eigenvalue weighted by atomic mass is 9.72. The summed E-state index contributed by atoms with van der Waals surface area (Å²) in [6.07, 6.45) is 10.0. The van der Waals surface area contributed by atoms with Gasteiger partial charge in [0.2, 0.25) is 5.88 Å². The molecule has 12 nitrogen and oxygen atoms in total. The SMILES string of the molecule is CC1(C)CCC(CN2CCN(c3ccc(C(=O)NS(=O)(=O)c4ccc(CCC5CCOCC5)c(N=O)c4)c(Oc4cc5cc[nH]c5cn4)c3)CC2)=C(c2ccc(Cl)cc2)C1. The highest BCUT2D eigenvalue weighted by atomic mass is 35.5. The second-order valence-electron chi connectivity index (χ2n) is 17.0. The van der Waals surface area contributed by atoms with Crippen LogP contribution in [-0.2, 0) is 21.2 Å². The number of ether oxygens (including phenoxy) is 2. The van der Waals surface area contributed by atoms with Gasteiger partial charge in [0, 0.05) is 80.4 Å². The molecule has 1 amide bonds. The van der Waals surface area contributed by atoms with Gasteiger partial charge in [-0.2, -0.15) is 0 Å². The van der Waals surface area contributed by atoms with Crippen LogP contribution in [0.4, 0.5) is 11.4 Å². The monoisotopic (exact) mass is 850 g/mol. The van der Waals surface area contributed by atoms with Crippen LogP contribution in [0.25, 0.3) is 16.5 Å². The molecule has 0 radical (unpaired) electrons. The molecule has 0 unspecified atom stereocenters. The highest BCUT2D eigenvalue weighted by Gasteiger charge is 2.30. The van der Waals surface area contributed by atoms with Crippen LogP contribution in [0, 0.1) is 16.2 Å². The minimum absolute atomic E-state index is 0.0145. The fraction of sp³-hybridized carbons (Fsp3) is 0.391. The molecular formula is C46H51ClN6O6S. The summed E-state index contributed by atoms with van der Waals surface area (Å²) in [5, 5.41) is 4.75. The van der Waals surface area contributed by atoms with Gasteiger partial charge in [-0.05, 0) is 121 Å². The van der Waals surface area contributed by atoms with E-state index in [0.717, 1.165) is 106 Å². The molecule has 2 aromatic heterocycles. The first-order valence-corrected chi connectivity index (χ1v) is 22.6. The quantitative estimate of drug-likeness (QED) is 0.111. The molecule has 4 heterocycles. The molecule has 0 spiro atoms. The number of sulfonamides is 1. The van der Waals surface area contributed by atoms with Crippen molar-refractivity contribution in [1.29, 1.82) is 0 Å². The van der Waals surface area contributed by atoms with E-state index in [2.05, 4.69) is 55.6 Å². The molecule has 0 atom stereocenters. The number of hydrogen-bond donors (Lipinski definition) is 2. The van der Waals surface area contributed by atoms with Crippen molar-refractivity contribution in [3.63, 3.8) is 0 Å². The van der Waals surface area contributed by atoms with Crippen LogP contribution in [-0.4, -0.2) is 75.1 Å². The number of fused-ring (bicyclic) bond motifs is 1. The van der Waals surface area contributed by atoms with Gasteiger partial charge in [-0.15, -0.1) is 4.91 Å². The van der Waals surface area contributed by atoms with Gasteiger partial charge >= 0.3 is 0 Å². The van der Waals surface area contributed by atoms with Crippen LogP contribution < -0.4 is 14.4 Å². The fourth-order valence-electron chi connectivity index (χ4n) is 8.61. The Morgan fingerprint density at radius 1 is 1.02 bits per heavy atom. The Bertz CT molecular complexity index is 2510. The molecule has 2 aliphatic heterocycles. The fourth-order valence-corrected chi connectivity index (χ4v) is 9.73. The van der Waals surface area contributed by atoms with Gasteiger partial charge in [0.1, 0.15) is 11.4 Å². The maximum absolute atomic E-state index is 13.9. The number of rotatable bonds is 13. The average Bonchev–Trinajstić information content (AvgIpc) is 3.72. The minimum Gasteiger partial charge on any atom is -0.438 e. The van der Waals surface area contributed by atoms with E-state index in [1.165, 1.54) is 28.8 Å². The number of nitrogens with zero attached hydrogens (tertiary/aromatic N) is 4. The number of hydrogen-bond acceptors (Lipinski definition) is 10. The topological polar surface area (TPSA) is 146 Å². The molecular weight excluding hydrogens is 800 g/mol. The standard InChI is InChI=1S/C46H51ClN6O6S/c1-46(2)17-13-35(40(28-46)32-5-8-36(47)9-6-32)30-52-19-21-53(22-20-52)37-10-12-39(43(26-37)59-44-25-34-14-18-48-42(34)29-49-44)45(54)51-60(56,57)38-11-7-33(41(27-38)50-55)4-3-31-15-23-58-24-16-31/h5-12,14,18,25-27,29,31,48H,3-4,13,15-17,19-24,28,30H2,1-2H3,(H,51,54). The van der Waals surface area contributed by atoms with Gasteiger partial charge in [0.15, 0.2) is 0 Å². The number of piperazine rings is 1. The van der Waals surface area contributed by atoms with Gasteiger partial charge < -0.3 is 19.4 Å². The van der Waals surface area contributed by atoms with E-state index >= 15 is 0 Å². The number of anilines is 1. The first-order valence-electron chi connectivity index (χ1n) is 20.7. The number of aromatic nitrogens is 2. The Morgan fingerprint density at radius 2 is 1.80 bits per heavy atom. The molecule has 3 aliphatic rings. The Kier molecular flexibility index (Phi) is 12.4. The van der Waals surface area contributed by atoms with Crippen LogP contribution in [0.5, 0.6) is 11.6 Å². The normalized spacial score (nSPS) is 17.8. The van der Waals surface area contributed by atoms with Gasteiger partial charge in [-0.3, -0.25) is 9.69 Å². The predicted octanol–water partition coefficient (Wildman–Crippen LogP) is 9.67. The first kappa shape index (κ1) is 41.6. The number of halogens is 1. The van der Waals surface area contributed by atoms with Crippen molar-refractivity contribution in [3.05, 3.63) is 117 Å². The van der Waals surface area contributed by atoms with E-state index in [9.17, 15) is 18.1 Å². The van der Waals surface area contributed by atoms with E-state index in [4.69, 9.17) is 21.1 Å². The molecule has 2 N–H and O–H groups in total. The summed E-state index contributed by atoms with van der Waals surface area (Å²) in [6, 6.07) is 21.3. The number of allylic oxidation sites excluding steroid dienone is 1. The summed E-state index contributed by atoms with van der Waals surface area (Å²) in [4.78, 5) is 37.8. The second-order valence-corrected chi connectivity index (χ2v) is 19.1. The Labute approximate surface area is 356 Å². The van der Waals surface area contributed by atoms with Crippen molar-refractivity contribution in [1.82, 2.24) is 19.6 Å². The summed E-state index contributed by atoms with van der Waals surface area (Å²) >= 11 is 6.24. The van der Waals surface area contributed by atoms with Crippen molar-refractivity contribution in [2.45, 2.75) is 63.7 Å². The van der Waals surface area contributed by atoms with Crippen molar-refractivity contribution in [3.8, 4) is 11.6 Å². The van der Waals surface area contributed by atoms with Gasteiger partial charge in [0.05, 0.1) is 22.2 Å². The number of amides is 1. The third kappa shape index (κ3) is 9.76. The zero-order chi connectivity index (χ0) is 41.9. The minimum atomic E-state index is -4.40. The summed E-state index contributed by atoms with van der Waals surface area (Å²) in [6.45, 7) is 10.2. The number of carbonyl (C=O) groups excluding carboxylic acids is 1. The smallest absolute Gasteiger partial charge is 0.268 e. The summed E-state index contributed by atoms with van der Waals surface area (Å²) in [5.41, 5.74) is 6.77. The van der Waals surface area contributed by atoms with Crippen LogP contribution in [0.3, 0.4) is 0 Å². The molecule has 60 heavy (non-hydrogen) atoms. The number of nitroso groups, excluding NO2 is 1. The van der Waals surface area contributed by atoms with E-state index in [1.807, 2.05) is 24.3 Å². The molecule has 14 heteroatoms. The third-order valence-corrected chi connectivity index (χ3v) is 13.8. The molecule has 2 saturated heterocycles. The maximum Gasteiger partial charge on any atom is 0.268 e. The molecule has 1 aliphatic carbocycles. The lowest BCUT2D eigenvalue weighted by Gasteiger charge is -2.39. The molecule has 0 saturated carbocycles. The second kappa shape index (κ2) is 17.9. The first-order chi connectivity index (χ1) is 28.9. The lowest BCUT2D eigenvalue weighted by molar-refractivity contribution is 0.0640. The Morgan fingerprint density at radius 3 is 2.57 bits per heavy atom. The van der Waals surface area contributed by atoms with E-state index in [0.29, 0.717) is 17.9 Å². The zero-order valence-electron chi connectivity index (χ0n) is 34.1. The van der Waals surface area contributed by atoms with Gasteiger partial charge in [0.25, 0.3) is 15.9 Å². The van der Waals surface area contributed by atoms with E-state index in [-0.39, 0.29) is 33.2 Å². The highest BCUT2D eigenvalue weighted by Crippen LogP contribution is 2.43. The predicted molar refractivity (Wildman–Crippen MR) is 236 cm³/mol. The van der Waals surface area contributed by atoms with Crippen molar-refractivity contribution in [2.24, 2.45) is 16.5 Å². The van der Waals surface area contributed by atoms with Crippen LogP contribution in [0.15, 0.2) is 101 Å². The number of carbonyl (C=O) groups is 1. The largest absolute Gasteiger partial charge is 0.438 e. The third-order valence-electron chi connectivity index (χ3n) is 12.2. The number of aryl methyl sites for hydroxylation is 1. The van der Waals surface area contributed by atoms with Crippen molar-refractivity contribution in [2.75, 3.05) is 50.8 Å². The Balaban J connectivity index is 0.995. The summed E-state index contributed by atoms with van der Waals surface area (Å²) in [7, 11) is -4.40.